The van der Waals surface area contributed by atoms with Gasteiger partial charge in [0.1, 0.15) is 0 Å². The minimum atomic E-state index is -0.194. The molecule has 0 spiro atoms. The van der Waals surface area contributed by atoms with Crippen molar-refractivity contribution in [1.29, 1.82) is 0 Å². The van der Waals surface area contributed by atoms with Gasteiger partial charge >= 0.3 is 5.97 Å². The molecule has 0 heterocycles. The molecule has 21 heavy (non-hydrogen) atoms. The van der Waals surface area contributed by atoms with Gasteiger partial charge in [-0.25, -0.2) is 0 Å². The molecule has 0 fully saturated rings. The molecule has 0 saturated heterocycles. The van der Waals surface area contributed by atoms with Crippen LogP contribution in [0, 0.1) is 0 Å². The summed E-state index contributed by atoms with van der Waals surface area (Å²) in [5, 5.41) is 9.41. The summed E-state index contributed by atoms with van der Waals surface area (Å²) in [4.78, 5) is 11.3. The lowest BCUT2D eigenvalue weighted by molar-refractivity contribution is -0.140. The lowest BCUT2D eigenvalue weighted by atomic mass is 9.95. The highest BCUT2D eigenvalue weighted by Gasteiger charge is 2.08. The van der Waals surface area contributed by atoms with Gasteiger partial charge in [0.25, 0.3) is 0 Å². The number of esters is 1. The highest BCUT2D eigenvalue weighted by Crippen LogP contribution is 2.19. The lowest BCUT2D eigenvalue weighted by Crippen LogP contribution is -2.04. The Morgan fingerprint density at radius 2 is 1.48 bits per heavy atom. The molecule has 3 heteroatoms. The molecule has 2 aromatic carbocycles. The number of carbonyl (C=O) groups excluding carboxylic acids is 1. The average Bonchev–Trinajstić information content (AvgIpc) is 2.54. The van der Waals surface area contributed by atoms with Crippen LogP contribution in [-0.4, -0.2) is 18.2 Å². The van der Waals surface area contributed by atoms with Crippen LogP contribution in [0.25, 0.3) is 0 Å². The molecule has 1 N–H and O–H groups in total. The average molecular weight is 284 g/mol. The van der Waals surface area contributed by atoms with E-state index in [1.807, 2.05) is 42.5 Å². The molecule has 2 aromatic rings. The summed E-state index contributed by atoms with van der Waals surface area (Å²) >= 11 is 0. The maximum absolute atomic E-state index is 11.3. The van der Waals surface area contributed by atoms with Crippen LogP contribution < -0.4 is 0 Å². The second kappa shape index (κ2) is 7.60. The Morgan fingerprint density at radius 1 is 0.952 bits per heavy atom. The van der Waals surface area contributed by atoms with Crippen LogP contribution in [0.2, 0.25) is 0 Å². The molecule has 2 rings (SSSR count). The Kier molecular flexibility index (Phi) is 5.52. The predicted octanol–water partition coefficient (Wildman–Crippen LogP) is 2.88. The number of ether oxygens (including phenoxy) is 1. The first-order chi connectivity index (χ1) is 10.2. The molecule has 0 aliphatic heterocycles. The van der Waals surface area contributed by atoms with Crippen LogP contribution in [-0.2, 0) is 29.0 Å². The molecule has 110 valence electrons. The Bertz CT molecular complexity index is 605. The Hall–Kier alpha value is -2.13. The van der Waals surface area contributed by atoms with Crippen LogP contribution in [0.5, 0.6) is 0 Å². The van der Waals surface area contributed by atoms with Crippen molar-refractivity contribution < 1.29 is 14.6 Å². The SMILES string of the molecule is COC(=O)CCc1ccccc1Cc1ccccc1CO. The predicted molar refractivity (Wildman–Crippen MR) is 81.9 cm³/mol. The first-order valence-corrected chi connectivity index (χ1v) is 7.06. The lowest BCUT2D eigenvalue weighted by Gasteiger charge is -2.11. The third-order valence-electron chi connectivity index (χ3n) is 3.61. The Morgan fingerprint density at radius 3 is 2.05 bits per heavy atom. The van der Waals surface area contributed by atoms with Crippen molar-refractivity contribution in [2.45, 2.75) is 25.9 Å². The van der Waals surface area contributed by atoms with Gasteiger partial charge in [0, 0.05) is 6.42 Å². The number of rotatable bonds is 6. The van der Waals surface area contributed by atoms with E-state index >= 15 is 0 Å². The second-order valence-corrected chi connectivity index (χ2v) is 4.95. The van der Waals surface area contributed by atoms with Gasteiger partial charge < -0.3 is 9.84 Å². The molecule has 3 nitrogen and oxygen atoms in total. The van der Waals surface area contributed by atoms with E-state index < -0.39 is 0 Å². The molecular formula is C18H20O3. The topological polar surface area (TPSA) is 46.5 Å². The molecule has 0 amide bonds. The molecule has 0 radical (unpaired) electrons. The Labute approximate surface area is 125 Å². The number of aryl methyl sites for hydroxylation is 1. The number of hydrogen-bond acceptors (Lipinski definition) is 3. The molecule has 0 saturated carbocycles. The van der Waals surface area contributed by atoms with Crippen LogP contribution in [0.15, 0.2) is 48.5 Å². The molecular weight excluding hydrogens is 264 g/mol. The summed E-state index contributed by atoms with van der Waals surface area (Å²) in [5.74, 6) is -0.194. The van der Waals surface area contributed by atoms with Gasteiger partial charge in [0.2, 0.25) is 0 Å². The summed E-state index contributed by atoms with van der Waals surface area (Å²) in [6, 6.07) is 16.0. The van der Waals surface area contributed by atoms with Gasteiger partial charge in [-0.2, -0.15) is 0 Å². The van der Waals surface area contributed by atoms with Crippen molar-refractivity contribution in [2.24, 2.45) is 0 Å². The van der Waals surface area contributed by atoms with Gasteiger partial charge in [0.05, 0.1) is 13.7 Å². The van der Waals surface area contributed by atoms with E-state index in [1.54, 1.807) is 0 Å². The molecule has 0 unspecified atom stereocenters. The first kappa shape index (κ1) is 15.3. The highest BCUT2D eigenvalue weighted by atomic mass is 16.5. The van der Waals surface area contributed by atoms with Crippen molar-refractivity contribution in [3.05, 3.63) is 70.8 Å². The smallest absolute Gasteiger partial charge is 0.305 e. The maximum atomic E-state index is 11.3. The largest absolute Gasteiger partial charge is 0.469 e. The van der Waals surface area contributed by atoms with E-state index in [2.05, 4.69) is 6.07 Å². The van der Waals surface area contributed by atoms with E-state index in [0.29, 0.717) is 12.8 Å². The van der Waals surface area contributed by atoms with Crippen LogP contribution in [0.3, 0.4) is 0 Å². The molecule has 0 bridgehead atoms. The van der Waals surface area contributed by atoms with Crippen molar-refractivity contribution in [3.8, 4) is 0 Å². The van der Waals surface area contributed by atoms with E-state index in [9.17, 15) is 9.90 Å². The first-order valence-electron chi connectivity index (χ1n) is 7.06. The van der Waals surface area contributed by atoms with E-state index in [4.69, 9.17) is 4.74 Å². The fourth-order valence-electron chi connectivity index (χ4n) is 2.40. The number of aliphatic hydroxyl groups is 1. The van der Waals surface area contributed by atoms with Gasteiger partial charge in [-0.15, -0.1) is 0 Å². The summed E-state index contributed by atoms with van der Waals surface area (Å²) in [5.41, 5.74) is 4.39. The van der Waals surface area contributed by atoms with E-state index in [-0.39, 0.29) is 12.6 Å². The van der Waals surface area contributed by atoms with Crippen molar-refractivity contribution in [1.82, 2.24) is 0 Å². The molecule has 0 aliphatic rings. The zero-order valence-corrected chi connectivity index (χ0v) is 12.2. The Balaban J connectivity index is 2.18. The zero-order valence-electron chi connectivity index (χ0n) is 12.2. The summed E-state index contributed by atoms with van der Waals surface area (Å²) in [6.07, 6.45) is 1.81. The number of hydrogen-bond donors (Lipinski definition) is 1. The highest BCUT2D eigenvalue weighted by molar-refractivity contribution is 5.69. The number of aliphatic hydroxyl groups excluding tert-OH is 1. The molecule has 0 aromatic heterocycles. The normalized spacial score (nSPS) is 10.4. The number of carbonyl (C=O) groups is 1. The fourth-order valence-corrected chi connectivity index (χ4v) is 2.40. The summed E-state index contributed by atoms with van der Waals surface area (Å²) in [7, 11) is 1.41. The maximum Gasteiger partial charge on any atom is 0.305 e. The van der Waals surface area contributed by atoms with Gasteiger partial charge in [-0.05, 0) is 35.1 Å². The van der Waals surface area contributed by atoms with Crippen molar-refractivity contribution >= 4 is 5.97 Å². The standard InChI is InChI=1S/C18H20O3/c1-21-18(20)11-10-14-6-2-3-7-15(14)12-16-8-4-5-9-17(16)13-19/h2-9,19H,10-13H2,1H3. The quantitative estimate of drug-likeness (QED) is 0.830. The zero-order chi connectivity index (χ0) is 15.1. The monoisotopic (exact) mass is 284 g/mol. The third kappa shape index (κ3) is 4.17. The molecule has 0 aliphatic carbocycles. The van der Waals surface area contributed by atoms with E-state index in [1.165, 1.54) is 12.7 Å². The second-order valence-electron chi connectivity index (χ2n) is 4.95. The summed E-state index contributed by atoms with van der Waals surface area (Å²) < 4.78 is 4.69. The number of methoxy groups -OCH3 is 1. The minimum Gasteiger partial charge on any atom is -0.469 e. The van der Waals surface area contributed by atoms with Crippen molar-refractivity contribution in [2.75, 3.05) is 7.11 Å². The third-order valence-corrected chi connectivity index (χ3v) is 3.61. The van der Waals surface area contributed by atoms with Crippen molar-refractivity contribution in [3.63, 3.8) is 0 Å². The van der Waals surface area contributed by atoms with Gasteiger partial charge in [-0.1, -0.05) is 48.5 Å². The van der Waals surface area contributed by atoms with Gasteiger partial charge in [0.15, 0.2) is 0 Å². The van der Waals surface area contributed by atoms with Crippen LogP contribution >= 0.6 is 0 Å². The van der Waals surface area contributed by atoms with Crippen LogP contribution in [0.1, 0.15) is 28.7 Å². The molecule has 0 atom stereocenters. The van der Waals surface area contributed by atoms with E-state index in [0.717, 1.165) is 23.1 Å². The summed E-state index contributed by atoms with van der Waals surface area (Å²) in [6.45, 7) is 0.0422. The number of benzene rings is 2. The van der Waals surface area contributed by atoms with Gasteiger partial charge in [-0.3, -0.25) is 4.79 Å². The minimum absolute atomic E-state index is 0.0422. The van der Waals surface area contributed by atoms with Crippen LogP contribution in [0.4, 0.5) is 0 Å². The fraction of sp³-hybridized carbons (Fsp3) is 0.278.